The van der Waals surface area contributed by atoms with E-state index in [-0.39, 0.29) is 12.1 Å². The van der Waals surface area contributed by atoms with Crippen LogP contribution in [-0.2, 0) is 9.53 Å². The van der Waals surface area contributed by atoms with Gasteiger partial charge in [-0.05, 0) is 131 Å². The third kappa shape index (κ3) is 2.91. The van der Waals surface area contributed by atoms with Gasteiger partial charge in [0, 0.05) is 11.5 Å². The quantitative estimate of drug-likeness (QED) is 0.430. The summed E-state index contributed by atoms with van der Waals surface area (Å²) in [4.78, 5) is 12.6. The minimum Gasteiger partial charge on any atom is -0.459 e. The van der Waals surface area contributed by atoms with Crippen LogP contribution < -0.4 is 0 Å². The highest BCUT2D eigenvalue weighted by atomic mass is 16.5. The van der Waals surface area contributed by atoms with Crippen LogP contribution in [0.25, 0.3) is 0 Å². The van der Waals surface area contributed by atoms with Crippen LogP contribution in [0, 0.1) is 59.2 Å². The van der Waals surface area contributed by atoms with Crippen molar-refractivity contribution in [2.24, 2.45) is 59.2 Å². The maximum atomic E-state index is 12.6. The zero-order valence-electron chi connectivity index (χ0n) is 17.7. The van der Waals surface area contributed by atoms with E-state index in [1.54, 1.807) is 0 Å². The third-order valence-electron chi connectivity index (χ3n) is 10.3. The summed E-state index contributed by atoms with van der Waals surface area (Å²) in [5, 5.41) is 0. The molecule has 0 aromatic rings. The molecule has 1 atom stereocenters. The van der Waals surface area contributed by atoms with Crippen molar-refractivity contribution in [3.8, 4) is 0 Å². The zero-order valence-corrected chi connectivity index (χ0v) is 17.7. The normalized spacial score (nSPS) is 51.3. The Labute approximate surface area is 170 Å². The van der Waals surface area contributed by atoms with Crippen molar-refractivity contribution in [2.45, 2.75) is 83.7 Å². The topological polar surface area (TPSA) is 26.3 Å². The Morgan fingerprint density at radius 3 is 1.64 bits per heavy atom. The fourth-order valence-corrected chi connectivity index (χ4v) is 9.79. The predicted molar refractivity (Wildman–Crippen MR) is 110 cm³/mol. The molecule has 2 heteroatoms. The van der Waals surface area contributed by atoms with Gasteiger partial charge in [-0.15, -0.1) is 0 Å². The van der Waals surface area contributed by atoms with E-state index < -0.39 is 0 Å². The van der Waals surface area contributed by atoms with Gasteiger partial charge < -0.3 is 4.74 Å². The van der Waals surface area contributed by atoms with E-state index in [0.717, 1.165) is 53.3 Å². The maximum Gasteiger partial charge on any atom is 0.333 e. The summed E-state index contributed by atoms with van der Waals surface area (Å²) >= 11 is 0. The highest BCUT2D eigenvalue weighted by molar-refractivity contribution is 5.87. The highest BCUT2D eigenvalue weighted by Gasteiger charge is 2.54. The molecule has 0 spiro atoms. The molecule has 8 fully saturated rings. The number of hydrogen-bond donors (Lipinski definition) is 0. The van der Waals surface area contributed by atoms with E-state index in [4.69, 9.17) is 4.74 Å². The molecule has 0 aromatic carbocycles. The largest absolute Gasteiger partial charge is 0.459 e. The average molecular weight is 383 g/mol. The molecule has 0 N–H and O–H groups in total. The highest BCUT2D eigenvalue weighted by Crippen LogP contribution is 2.61. The zero-order chi connectivity index (χ0) is 19.0. The Hall–Kier alpha value is -0.790. The molecule has 0 amide bonds. The van der Waals surface area contributed by atoms with Gasteiger partial charge in [-0.25, -0.2) is 4.79 Å². The molecule has 154 valence electrons. The van der Waals surface area contributed by atoms with Crippen LogP contribution in [-0.4, -0.2) is 12.1 Å². The van der Waals surface area contributed by atoms with E-state index in [1.165, 1.54) is 70.6 Å². The Bertz CT molecular complexity index is 607. The minimum atomic E-state index is -0.123. The Morgan fingerprint density at radius 2 is 1.21 bits per heavy atom. The number of rotatable bonds is 5. The monoisotopic (exact) mass is 382 g/mol. The second-order valence-corrected chi connectivity index (χ2v) is 12.1. The van der Waals surface area contributed by atoms with E-state index in [0.29, 0.717) is 11.5 Å². The molecular weight excluding hydrogens is 344 g/mol. The summed E-state index contributed by atoms with van der Waals surface area (Å²) in [5.74, 6) is 8.89. The first kappa shape index (κ1) is 18.0. The van der Waals surface area contributed by atoms with Crippen molar-refractivity contribution < 1.29 is 9.53 Å². The van der Waals surface area contributed by atoms with Gasteiger partial charge in [0.15, 0.2) is 0 Å². The van der Waals surface area contributed by atoms with E-state index in [9.17, 15) is 4.79 Å². The van der Waals surface area contributed by atoms with Gasteiger partial charge in [-0.1, -0.05) is 6.58 Å². The lowest BCUT2D eigenvalue weighted by Gasteiger charge is -2.58. The number of hydrogen-bond acceptors (Lipinski definition) is 2. The van der Waals surface area contributed by atoms with Gasteiger partial charge in [-0.2, -0.15) is 0 Å². The first-order chi connectivity index (χ1) is 13.5. The van der Waals surface area contributed by atoms with Crippen LogP contribution in [0.3, 0.4) is 0 Å². The Balaban J connectivity index is 1.25. The van der Waals surface area contributed by atoms with Crippen LogP contribution in [0.15, 0.2) is 12.2 Å². The molecule has 0 heterocycles. The smallest absolute Gasteiger partial charge is 0.333 e. The first-order valence-electron chi connectivity index (χ1n) is 12.4. The Morgan fingerprint density at radius 1 is 0.786 bits per heavy atom. The summed E-state index contributed by atoms with van der Waals surface area (Å²) in [7, 11) is 0. The van der Waals surface area contributed by atoms with Crippen molar-refractivity contribution >= 4 is 5.97 Å². The van der Waals surface area contributed by atoms with Crippen LogP contribution in [0.4, 0.5) is 0 Å². The van der Waals surface area contributed by atoms with Crippen molar-refractivity contribution in [3.05, 3.63) is 12.2 Å². The van der Waals surface area contributed by atoms with Gasteiger partial charge in [-0.3, -0.25) is 0 Å². The molecule has 8 aliphatic rings. The first-order valence-corrected chi connectivity index (χ1v) is 12.4. The van der Waals surface area contributed by atoms with Gasteiger partial charge in [0.2, 0.25) is 0 Å². The molecule has 8 aliphatic carbocycles. The van der Waals surface area contributed by atoms with Crippen molar-refractivity contribution in [1.82, 2.24) is 0 Å². The maximum absolute atomic E-state index is 12.6. The van der Waals surface area contributed by atoms with Crippen LogP contribution >= 0.6 is 0 Å². The minimum absolute atomic E-state index is 0.123. The summed E-state index contributed by atoms with van der Waals surface area (Å²) in [6, 6.07) is 0. The molecule has 0 aromatic heterocycles. The van der Waals surface area contributed by atoms with Crippen molar-refractivity contribution in [3.63, 3.8) is 0 Å². The summed E-state index contributed by atoms with van der Waals surface area (Å²) in [5.41, 5.74) is 0.582. The lowest BCUT2D eigenvalue weighted by Crippen LogP contribution is -2.52. The average Bonchev–Trinajstić information content (AvgIpc) is 2.62. The van der Waals surface area contributed by atoms with Gasteiger partial charge in [0.05, 0.1) is 0 Å². The Kier molecular flexibility index (Phi) is 4.25. The van der Waals surface area contributed by atoms with Gasteiger partial charge >= 0.3 is 5.97 Å². The number of carbonyl (C=O) groups excluding carboxylic acids is 1. The van der Waals surface area contributed by atoms with E-state index in [1.807, 2.05) is 6.92 Å². The SMILES string of the molecule is C=C(C)C(=O)OC(CC1C2CC3CC(C2)CC1C3)C1C2CC3CC(C2)CC1C3. The van der Waals surface area contributed by atoms with Crippen molar-refractivity contribution in [2.75, 3.05) is 0 Å². The molecule has 28 heavy (non-hydrogen) atoms. The molecule has 0 radical (unpaired) electrons. The molecular formula is C26H38O2. The molecule has 8 saturated carbocycles. The molecule has 0 aliphatic heterocycles. The third-order valence-corrected chi connectivity index (χ3v) is 10.3. The second kappa shape index (κ2) is 6.61. The van der Waals surface area contributed by atoms with E-state index >= 15 is 0 Å². The lowest BCUT2D eigenvalue weighted by molar-refractivity contribution is -0.164. The van der Waals surface area contributed by atoms with Gasteiger partial charge in [0.1, 0.15) is 6.10 Å². The second-order valence-electron chi connectivity index (χ2n) is 12.1. The van der Waals surface area contributed by atoms with Crippen molar-refractivity contribution in [1.29, 1.82) is 0 Å². The molecule has 0 saturated heterocycles. The number of esters is 1. The molecule has 2 nitrogen and oxygen atoms in total. The molecule has 8 rings (SSSR count). The summed E-state index contributed by atoms with van der Waals surface area (Å²) in [6.45, 7) is 5.71. The molecule has 8 bridgehead atoms. The van der Waals surface area contributed by atoms with Crippen LogP contribution in [0.1, 0.15) is 77.6 Å². The van der Waals surface area contributed by atoms with E-state index in [2.05, 4.69) is 6.58 Å². The van der Waals surface area contributed by atoms with Crippen LogP contribution in [0.5, 0.6) is 0 Å². The standard InChI is InChI=1S/C26H38O2/c1-14(2)26(27)28-24(25-21-9-17-4-18(11-21)12-22(25)10-17)13-23-19-5-15-3-16(7-19)8-20(23)6-15/h15-25H,1,3-13H2,2H3. The van der Waals surface area contributed by atoms with Gasteiger partial charge in [0.25, 0.3) is 0 Å². The summed E-state index contributed by atoms with van der Waals surface area (Å²) < 4.78 is 6.31. The number of ether oxygens (including phenoxy) is 1. The predicted octanol–water partition coefficient (Wildman–Crippen LogP) is 6.01. The number of carbonyl (C=O) groups is 1. The van der Waals surface area contributed by atoms with Crippen LogP contribution in [0.2, 0.25) is 0 Å². The molecule has 1 unspecified atom stereocenters. The summed E-state index contributed by atoms with van der Waals surface area (Å²) in [6.07, 6.45) is 15.9. The fraction of sp³-hybridized carbons (Fsp3) is 0.885. The lowest BCUT2D eigenvalue weighted by atomic mass is 9.48. The fourth-order valence-electron chi connectivity index (χ4n) is 9.79.